The van der Waals surface area contributed by atoms with Crippen molar-refractivity contribution in [3.63, 3.8) is 0 Å². The predicted octanol–water partition coefficient (Wildman–Crippen LogP) is 17.5. The molecular formula is C71H65BF2N4. The van der Waals surface area contributed by atoms with E-state index in [1.165, 1.54) is 56.8 Å². The SMILES string of the molecule is CC(C)(C)c1cc(N2c3ccccc3B3c4ccccc4N(c4cc(C(C)(C)C)cc(C(C)(C)C)c4)c4cc(-c5ccc6c(c5)c5ccccc5n6-c5ccc(C#N)cc5-c5c(F)cccc5F)cc2c43)cc(C(C)(C)C)c1. The second kappa shape index (κ2) is 17.9. The van der Waals surface area contributed by atoms with Gasteiger partial charge in [0.25, 0.3) is 6.71 Å². The molecular weight excluding hydrogens is 958 g/mol. The van der Waals surface area contributed by atoms with Crippen LogP contribution in [0, 0.1) is 23.0 Å². The standard InChI is InChI=1S/C71H65BF2N4/c1-68(2,3)46-36-47(69(4,5)6)39-50(38-46)76-62-26-17-14-21-55(62)72-56-22-15-18-27-63(56)77(51-40-48(70(7,8)9)37-49(41-51)71(10,11)12)65-35-45(34-64(76)67(65)72)44-29-31-60-53(33-44)52-20-13-16-25-59(52)78(60)61-30-28-43(42-75)32-54(61)66-57(73)23-19-24-58(66)74/h13-41H,1-12H3. The lowest BCUT2D eigenvalue weighted by Gasteiger charge is -2.45. The minimum Gasteiger partial charge on any atom is -0.311 e. The van der Waals surface area contributed by atoms with E-state index in [2.05, 4.69) is 231 Å². The van der Waals surface area contributed by atoms with Crippen LogP contribution in [0.1, 0.15) is 111 Å². The van der Waals surface area contributed by atoms with Crippen LogP contribution in [0.3, 0.4) is 0 Å². The highest BCUT2D eigenvalue weighted by Gasteiger charge is 2.44. The lowest BCUT2D eigenvalue weighted by Crippen LogP contribution is -2.61. The summed E-state index contributed by atoms with van der Waals surface area (Å²) in [6.45, 7) is 27.6. The van der Waals surface area contributed by atoms with Crippen molar-refractivity contribution in [1.82, 2.24) is 4.57 Å². The van der Waals surface area contributed by atoms with E-state index in [4.69, 9.17) is 0 Å². The predicted molar refractivity (Wildman–Crippen MR) is 325 cm³/mol. The molecule has 9 aromatic carbocycles. The van der Waals surface area contributed by atoms with Crippen molar-refractivity contribution < 1.29 is 8.78 Å². The van der Waals surface area contributed by atoms with E-state index < -0.39 is 11.6 Å². The molecule has 0 amide bonds. The molecule has 0 saturated heterocycles. The van der Waals surface area contributed by atoms with E-state index in [-0.39, 0.29) is 33.9 Å². The Morgan fingerprint density at radius 3 is 1.38 bits per heavy atom. The van der Waals surface area contributed by atoms with Gasteiger partial charge in [-0.15, -0.1) is 0 Å². The first kappa shape index (κ1) is 50.6. The highest BCUT2D eigenvalue weighted by molar-refractivity contribution is 7.00. The van der Waals surface area contributed by atoms with Crippen molar-refractivity contribution in [2.24, 2.45) is 0 Å². The van der Waals surface area contributed by atoms with E-state index in [0.29, 0.717) is 16.8 Å². The smallest absolute Gasteiger partial charge is 0.252 e. The summed E-state index contributed by atoms with van der Waals surface area (Å²) in [5.41, 5.74) is 20.0. The summed E-state index contributed by atoms with van der Waals surface area (Å²) in [6, 6.07) is 63.3. The first-order chi connectivity index (χ1) is 37.0. The largest absolute Gasteiger partial charge is 0.311 e. The van der Waals surface area contributed by atoms with Gasteiger partial charge < -0.3 is 14.4 Å². The van der Waals surface area contributed by atoms with Gasteiger partial charge in [0.05, 0.1) is 33.9 Å². The molecule has 10 aromatic rings. The van der Waals surface area contributed by atoms with Crippen LogP contribution < -0.4 is 26.2 Å². The molecule has 3 heterocycles. The molecule has 0 radical (unpaired) electrons. The van der Waals surface area contributed by atoms with Crippen LogP contribution in [0.5, 0.6) is 0 Å². The lowest BCUT2D eigenvalue weighted by molar-refractivity contribution is 0.568. The number of hydrogen-bond donors (Lipinski definition) is 0. The number of halogens is 2. The zero-order valence-electron chi connectivity index (χ0n) is 46.9. The normalized spacial score (nSPS) is 13.4. The maximum atomic E-state index is 15.9. The van der Waals surface area contributed by atoms with Crippen LogP contribution in [0.15, 0.2) is 176 Å². The average molecular weight is 1020 g/mol. The van der Waals surface area contributed by atoms with E-state index >= 15 is 8.78 Å². The third-order valence-corrected chi connectivity index (χ3v) is 16.3. The van der Waals surface area contributed by atoms with Gasteiger partial charge in [0.1, 0.15) is 11.6 Å². The second-order valence-corrected chi connectivity index (χ2v) is 25.7. The van der Waals surface area contributed by atoms with Crippen LogP contribution in [0.4, 0.5) is 42.9 Å². The van der Waals surface area contributed by atoms with Crippen molar-refractivity contribution in [2.75, 3.05) is 9.80 Å². The van der Waals surface area contributed by atoms with Gasteiger partial charge in [0, 0.05) is 50.5 Å². The number of para-hydroxylation sites is 3. The zero-order valence-corrected chi connectivity index (χ0v) is 46.9. The molecule has 0 atom stereocenters. The summed E-state index contributed by atoms with van der Waals surface area (Å²) >= 11 is 0. The molecule has 78 heavy (non-hydrogen) atoms. The monoisotopic (exact) mass is 1020 g/mol. The Kier molecular flexibility index (Phi) is 11.6. The van der Waals surface area contributed by atoms with E-state index in [1.54, 1.807) is 12.1 Å². The van der Waals surface area contributed by atoms with Crippen molar-refractivity contribution in [3.8, 4) is 34.0 Å². The topological polar surface area (TPSA) is 35.2 Å². The Morgan fingerprint density at radius 2 is 0.885 bits per heavy atom. The molecule has 0 aliphatic carbocycles. The van der Waals surface area contributed by atoms with Crippen LogP contribution in [0.25, 0.3) is 49.7 Å². The number of rotatable bonds is 5. The Bertz CT molecular complexity index is 3910. The van der Waals surface area contributed by atoms with Crippen molar-refractivity contribution in [1.29, 1.82) is 5.26 Å². The van der Waals surface area contributed by atoms with Crippen molar-refractivity contribution >= 4 is 79.0 Å². The summed E-state index contributed by atoms with van der Waals surface area (Å²) in [6.07, 6.45) is 0. The third-order valence-electron chi connectivity index (χ3n) is 16.3. The first-order valence-electron chi connectivity index (χ1n) is 27.3. The quantitative estimate of drug-likeness (QED) is 0.161. The fraction of sp³-hybridized carbons (Fsp3) is 0.225. The summed E-state index contributed by atoms with van der Waals surface area (Å²) in [5, 5.41) is 12.0. The molecule has 1 aromatic heterocycles. The van der Waals surface area contributed by atoms with Gasteiger partial charge in [0.2, 0.25) is 0 Å². The van der Waals surface area contributed by atoms with Gasteiger partial charge in [-0.3, -0.25) is 0 Å². The van der Waals surface area contributed by atoms with E-state index in [9.17, 15) is 5.26 Å². The molecule has 2 aliphatic rings. The maximum absolute atomic E-state index is 15.9. The zero-order chi connectivity index (χ0) is 55.0. The first-order valence-corrected chi connectivity index (χ1v) is 27.3. The van der Waals surface area contributed by atoms with Crippen LogP contribution in [-0.2, 0) is 21.7 Å². The fourth-order valence-corrected chi connectivity index (χ4v) is 12.0. The van der Waals surface area contributed by atoms with Crippen molar-refractivity contribution in [2.45, 2.75) is 105 Å². The highest BCUT2D eigenvalue weighted by atomic mass is 19.1. The van der Waals surface area contributed by atoms with Crippen molar-refractivity contribution in [3.05, 3.63) is 215 Å². The molecule has 2 aliphatic heterocycles. The molecule has 0 saturated carbocycles. The molecule has 12 rings (SSSR count). The number of hydrogen-bond acceptors (Lipinski definition) is 3. The summed E-state index contributed by atoms with van der Waals surface area (Å²) in [7, 11) is 0. The number of anilines is 6. The molecule has 0 spiro atoms. The number of nitriles is 1. The van der Waals surface area contributed by atoms with Gasteiger partial charge in [0.15, 0.2) is 0 Å². The summed E-state index contributed by atoms with van der Waals surface area (Å²) in [4.78, 5) is 5.07. The molecule has 386 valence electrons. The van der Waals surface area contributed by atoms with E-state index in [1.807, 2.05) is 18.2 Å². The number of benzene rings is 9. The molecule has 7 heteroatoms. The molecule has 0 unspecified atom stereocenters. The Labute approximate surface area is 459 Å². The maximum Gasteiger partial charge on any atom is 0.252 e. The van der Waals surface area contributed by atoms with Gasteiger partial charge >= 0.3 is 0 Å². The van der Waals surface area contributed by atoms with Gasteiger partial charge in [-0.2, -0.15) is 5.26 Å². The Hall–Kier alpha value is -8.21. The minimum absolute atomic E-state index is 0.0638. The van der Waals surface area contributed by atoms with Gasteiger partial charge in [-0.25, -0.2) is 8.78 Å². The van der Waals surface area contributed by atoms with Crippen LogP contribution >= 0.6 is 0 Å². The second-order valence-electron chi connectivity index (χ2n) is 25.7. The van der Waals surface area contributed by atoms with Crippen LogP contribution in [-0.4, -0.2) is 11.3 Å². The average Bonchev–Trinajstić information content (AvgIpc) is 3.35. The molecule has 4 nitrogen and oxygen atoms in total. The Morgan fingerprint density at radius 1 is 0.410 bits per heavy atom. The molecule has 0 N–H and O–H groups in total. The highest BCUT2D eigenvalue weighted by Crippen LogP contribution is 2.49. The van der Waals surface area contributed by atoms with Gasteiger partial charge in [-0.1, -0.05) is 162 Å². The third kappa shape index (κ3) is 8.31. The molecule has 0 fully saturated rings. The fourth-order valence-electron chi connectivity index (χ4n) is 12.0. The summed E-state index contributed by atoms with van der Waals surface area (Å²) < 4.78 is 33.8. The minimum atomic E-state index is -0.694. The Balaban J connectivity index is 1.18. The van der Waals surface area contributed by atoms with Gasteiger partial charge in [-0.05, 0) is 168 Å². The van der Waals surface area contributed by atoms with E-state index in [0.717, 1.165) is 67.1 Å². The number of fused-ring (bicyclic) bond motifs is 7. The lowest BCUT2D eigenvalue weighted by atomic mass is 9.33. The van der Waals surface area contributed by atoms with Crippen LogP contribution in [0.2, 0.25) is 0 Å². The summed E-state index contributed by atoms with van der Waals surface area (Å²) in [5.74, 6) is -1.39. The number of aromatic nitrogens is 1. The number of nitrogens with zero attached hydrogens (tertiary/aromatic N) is 4. The molecule has 0 bridgehead atoms.